The Morgan fingerprint density at radius 1 is 1.43 bits per heavy atom. The van der Waals surface area contributed by atoms with Gasteiger partial charge in [0.2, 0.25) is 10.0 Å². The maximum atomic E-state index is 13.0. The van der Waals surface area contributed by atoms with Gasteiger partial charge in [0.25, 0.3) is 0 Å². The van der Waals surface area contributed by atoms with E-state index in [-0.39, 0.29) is 22.4 Å². The van der Waals surface area contributed by atoms with Crippen LogP contribution in [0.15, 0.2) is 23.1 Å². The lowest BCUT2D eigenvalue weighted by molar-refractivity contribution is -0.142. The first kappa shape index (κ1) is 16.2. The van der Waals surface area contributed by atoms with Crippen LogP contribution in [-0.4, -0.2) is 26.0 Å². The van der Waals surface area contributed by atoms with Crippen LogP contribution in [0.5, 0.6) is 0 Å². The first-order chi connectivity index (χ1) is 9.81. The SMILES string of the molecule is O=C(O)C1CCCC1CNS(=O)(=O)c1ccc(F)c(Cl)c1. The molecule has 21 heavy (non-hydrogen) atoms. The highest BCUT2D eigenvalue weighted by Crippen LogP contribution is 2.31. The van der Waals surface area contributed by atoms with Crippen LogP contribution < -0.4 is 4.72 Å². The van der Waals surface area contributed by atoms with Gasteiger partial charge in [-0.25, -0.2) is 17.5 Å². The number of carboxylic acids is 1. The van der Waals surface area contributed by atoms with Crippen molar-refractivity contribution >= 4 is 27.6 Å². The largest absolute Gasteiger partial charge is 0.481 e. The summed E-state index contributed by atoms with van der Waals surface area (Å²) in [6, 6.07) is 3.13. The topological polar surface area (TPSA) is 83.5 Å². The van der Waals surface area contributed by atoms with Gasteiger partial charge >= 0.3 is 5.97 Å². The van der Waals surface area contributed by atoms with Gasteiger partial charge in [-0.05, 0) is 37.0 Å². The molecule has 1 aromatic carbocycles. The Morgan fingerprint density at radius 2 is 2.14 bits per heavy atom. The van der Waals surface area contributed by atoms with Crippen molar-refractivity contribution < 1.29 is 22.7 Å². The molecule has 1 aromatic rings. The van der Waals surface area contributed by atoms with Gasteiger partial charge in [0.1, 0.15) is 5.82 Å². The van der Waals surface area contributed by atoms with Gasteiger partial charge in [0.15, 0.2) is 0 Å². The van der Waals surface area contributed by atoms with Crippen LogP contribution in [0.3, 0.4) is 0 Å². The second kappa shape index (κ2) is 6.29. The van der Waals surface area contributed by atoms with E-state index in [0.29, 0.717) is 12.8 Å². The van der Waals surface area contributed by atoms with E-state index in [2.05, 4.69) is 4.72 Å². The van der Waals surface area contributed by atoms with Crippen LogP contribution in [0.25, 0.3) is 0 Å². The number of carboxylic acid groups (broad SMARTS) is 1. The molecule has 0 spiro atoms. The molecular formula is C13H15ClFNO4S. The molecule has 0 bridgehead atoms. The van der Waals surface area contributed by atoms with Gasteiger partial charge in [-0.1, -0.05) is 18.0 Å². The predicted molar refractivity (Wildman–Crippen MR) is 75.1 cm³/mol. The van der Waals surface area contributed by atoms with Crippen molar-refractivity contribution in [3.05, 3.63) is 29.0 Å². The number of hydrogen-bond donors (Lipinski definition) is 2. The second-order valence-electron chi connectivity index (χ2n) is 5.06. The molecule has 0 aromatic heterocycles. The summed E-state index contributed by atoms with van der Waals surface area (Å²) in [7, 11) is -3.83. The summed E-state index contributed by atoms with van der Waals surface area (Å²) < 4.78 is 39.6. The van der Waals surface area contributed by atoms with Crippen LogP contribution in [0, 0.1) is 17.7 Å². The molecule has 5 nitrogen and oxygen atoms in total. The molecule has 2 rings (SSSR count). The third-order valence-electron chi connectivity index (χ3n) is 3.71. The molecule has 1 aliphatic carbocycles. The Bertz CT molecular complexity index is 650. The lowest BCUT2D eigenvalue weighted by Gasteiger charge is -2.16. The molecule has 116 valence electrons. The number of nitrogens with one attached hydrogen (secondary N) is 1. The number of halogens is 2. The average Bonchev–Trinajstić information content (AvgIpc) is 2.88. The average molecular weight is 336 g/mol. The van der Waals surface area contributed by atoms with Crippen molar-refractivity contribution in [2.45, 2.75) is 24.2 Å². The summed E-state index contributed by atoms with van der Waals surface area (Å²) in [5.41, 5.74) is 0. The third-order valence-corrected chi connectivity index (χ3v) is 5.42. The molecule has 1 fully saturated rings. The lowest BCUT2D eigenvalue weighted by atomic mass is 9.97. The zero-order valence-electron chi connectivity index (χ0n) is 11.1. The van der Waals surface area contributed by atoms with E-state index in [9.17, 15) is 17.6 Å². The summed E-state index contributed by atoms with van der Waals surface area (Å²) in [6.07, 6.45) is 2.00. The van der Waals surface area contributed by atoms with Crippen LogP contribution >= 0.6 is 11.6 Å². The number of hydrogen-bond acceptors (Lipinski definition) is 3. The van der Waals surface area contributed by atoms with Crippen molar-refractivity contribution in [1.29, 1.82) is 0 Å². The first-order valence-corrected chi connectivity index (χ1v) is 8.35. The zero-order chi connectivity index (χ0) is 15.6. The van der Waals surface area contributed by atoms with Gasteiger partial charge < -0.3 is 5.11 Å². The van der Waals surface area contributed by atoms with E-state index < -0.39 is 27.7 Å². The summed E-state index contributed by atoms with van der Waals surface area (Å²) in [5.74, 6) is -2.35. The molecule has 2 unspecified atom stereocenters. The van der Waals surface area contributed by atoms with Gasteiger partial charge in [0, 0.05) is 6.54 Å². The van der Waals surface area contributed by atoms with Gasteiger partial charge in [0.05, 0.1) is 15.8 Å². The minimum atomic E-state index is -3.83. The van der Waals surface area contributed by atoms with Crippen LogP contribution in [0.4, 0.5) is 4.39 Å². The highest BCUT2D eigenvalue weighted by Gasteiger charge is 2.33. The number of carbonyl (C=O) groups is 1. The Labute approximate surface area is 127 Å². The van der Waals surface area contributed by atoms with Crippen LogP contribution in [0.1, 0.15) is 19.3 Å². The van der Waals surface area contributed by atoms with E-state index in [1.807, 2.05) is 0 Å². The van der Waals surface area contributed by atoms with Gasteiger partial charge in [-0.2, -0.15) is 0 Å². The number of sulfonamides is 1. The Balaban J connectivity index is 2.07. The van der Waals surface area contributed by atoms with E-state index in [0.717, 1.165) is 24.6 Å². The summed E-state index contributed by atoms with van der Waals surface area (Å²) in [5, 5.41) is 8.78. The summed E-state index contributed by atoms with van der Waals surface area (Å²) >= 11 is 5.57. The Hall–Kier alpha value is -1.18. The minimum absolute atomic E-state index is 0.0499. The number of aliphatic carboxylic acids is 1. The van der Waals surface area contributed by atoms with Gasteiger partial charge in [-0.3, -0.25) is 4.79 Å². The van der Waals surface area contributed by atoms with Crippen LogP contribution in [-0.2, 0) is 14.8 Å². The van der Waals surface area contributed by atoms with E-state index in [1.165, 1.54) is 0 Å². The Kier molecular flexibility index (Phi) is 4.85. The highest BCUT2D eigenvalue weighted by molar-refractivity contribution is 7.89. The second-order valence-corrected chi connectivity index (χ2v) is 7.24. The van der Waals surface area contributed by atoms with Crippen molar-refractivity contribution in [2.24, 2.45) is 11.8 Å². The normalized spacial score (nSPS) is 22.4. The molecule has 0 heterocycles. The fourth-order valence-electron chi connectivity index (χ4n) is 2.55. The fraction of sp³-hybridized carbons (Fsp3) is 0.462. The smallest absolute Gasteiger partial charge is 0.306 e. The predicted octanol–water partition coefficient (Wildman–Crippen LogP) is 2.26. The zero-order valence-corrected chi connectivity index (χ0v) is 12.6. The first-order valence-electron chi connectivity index (χ1n) is 6.49. The maximum Gasteiger partial charge on any atom is 0.306 e. The maximum absolute atomic E-state index is 13.0. The highest BCUT2D eigenvalue weighted by atomic mass is 35.5. The van der Waals surface area contributed by atoms with Crippen molar-refractivity contribution in [3.8, 4) is 0 Å². The number of benzene rings is 1. The van der Waals surface area contributed by atoms with Gasteiger partial charge in [-0.15, -0.1) is 0 Å². The molecule has 0 saturated heterocycles. The molecule has 0 aliphatic heterocycles. The summed E-state index contributed by atoms with van der Waals surface area (Å²) in [6.45, 7) is 0.0499. The monoisotopic (exact) mass is 335 g/mol. The molecule has 2 atom stereocenters. The quantitative estimate of drug-likeness (QED) is 0.864. The molecule has 8 heteroatoms. The fourth-order valence-corrected chi connectivity index (χ4v) is 3.92. The molecule has 1 aliphatic rings. The third kappa shape index (κ3) is 3.72. The molecule has 2 N–H and O–H groups in total. The van der Waals surface area contributed by atoms with E-state index >= 15 is 0 Å². The standard InChI is InChI=1S/C13H15ClFNO4S/c14-11-6-9(4-5-12(11)15)21(19,20)16-7-8-2-1-3-10(8)13(17)18/h4-6,8,10,16H,1-3,7H2,(H,17,18). The molecular weight excluding hydrogens is 321 g/mol. The Morgan fingerprint density at radius 3 is 2.76 bits per heavy atom. The molecule has 1 saturated carbocycles. The summed E-state index contributed by atoms with van der Waals surface area (Å²) in [4.78, 5) is 10.9. The van der Waals surface area contributed by atoms with E-state index in [1.54, 1.807) is 0 Å². The molecule has 0 amide bonds. The van der Waals surface area contributed by atoms with Crippen molar-refractivity contribution in [2.75, 3.05) is 6.54 Å². The molecule has 0 radical (unpaired) electrons. The number of rotatable bonds is 5. The van der Waals surface area contributed by atoms with Crippen LogP contribution in [0.2, 0.25) is 5.02 Å². The minimum Gasteiger partial charge on any atom is -0.481 e. The lowest BCUT2D eigenvalue weighted by Crippen LogP contribution is -2.33. The van der Waals surface area contributed by atoms with Crippen molar-refractivity contribution in [1.82, 2.24) is 4.72 Å². The van der Waals surface area contributed by atoms with Crippen molar-refractivity contribution in [3.63, 3.8) is 0 Å². The van der Waals surface area contributed by atoms with E-state index in [4.69, 9.17) is 16.7 Å².